The second-order valence-corrected chi connectivity index (χ2v) is 7.62. The summed E-state index contributed by atoms with van der Waals surface area (Å²) in [6.07, 6.45) is 3.46. The summed E-state index contributed by atoms with van der Waals surface area (Å²) in [7, 11) is 1.70. The summed E-state index contributed by atoms with van der Waals surface area (Å²) >= 11 is 1.66. The maximum absolute atomic E-state index is 13.5. The van der Waals surface area contributed by atoms with Crippen molar-refractivity contribution in [2.75, 3.05) is 18.6 Å². The van der Waals surface area contributed by atoms with E-state index in [0.717, 1.165) is 22.4 Å². The van der Waals surface area contributed by atoms with E-state index in [1.54, 1.807) is 43.1 Å². The average molecular weight is 441 g/mol. The fourth-order valence-electron chi connectivity index (χ4n) is 2.95. The molecular weight excluding hydrogens is 415 g/mol. The van der Waals surface area contributed by atoms with Gasteiger partial charge in [-0.05, 0) is 59.3 Å². The van der Waals surface area contributed by atoms with Gasteiger partial charge >= 0.3 is 0 Å². The predicted molar refractivity (Wildman–Crippen MR) is 124 cm³/mol. The van der Waals surface area contributed by atoms with Crippen molar-refractivity contribution in [2.24, 2.45) is 4.99 Å². The van der Waals surface area contributed by atoms with Gasteiger partial charge in [0.25, 0.3) is 5.91 Å². The van der Waals surface area contributed by atoms with Crippen LogP contribution in [0.4, 0.5) is 10.1 Å². The molecule has 6 nitrogen and oxygen atoms in total. The number of benzene rings is 2. The third-order valence-electron chi connectivity index (χ3n) is 4.55. The fourth-order valence-corrected chi connectivity index (χ4v) is 3.53. The van der Waals surface area contributed by atoms with E-state index < -0.39 is 0 Å². The highest BCUT2D eigenvalue weighted by Crippen LogP contribution is 2.17. The van der Waals surface area contributed by atoms with E-state index in [1.807, 2.05) is 30.5 Å². The summed E-state index contributed by atoms with van der Waals surface area (Å²) in [6, 6.07) is 15.7. The molecule has 3 N–H and O–H groups in total. The van der Waals surface area contributed by atoms with Crippen molar-refractivity contribution in [3.8, 4) is 0 Å². The van der Waals surface area contributed by atoms with Crippen molar-refractivity contribution in [1.82, 2.24) is 10.6 Å². The lowest BCUT2D eigenvalue weighted by Crippen LogP contribution is -2.36. The van der Waals surface area contributed by atoms with Crippen LogP contribution in [-0.2, 0) is 18.8 Å². The molecule has 3 rings (SSSR count). The minimum atomic E-state index is -0.290. The molecule has 0 saturated heterocycles. The molecule has 0 aliphatic rings. The molecule has 0 bridgehead atoms. The topological polar surface area (TPSA) is 78.7 Å². The van der Waals surface area contributed by atoms with Crippen LogP contribution in [0.1, 0.15) is 27.2 Å². The molecule has 0 unspecified atom stereocenters. The highest BCUT2D eigenvalue weighted by Gasteiger charge is 2.09. The van der Waals surface area contributed by atoms with Crippen molar-refractivity contribution in [3.63, 3.8) is 0 Å². The minimum absolute atomic E-state index is 0.223. The molecule has 1 heterocycles. The second-order valence-electron chi connectivity index (χ2n) is 6.75. The number of rotatable bonds is 8. The molecule has 3 aromatic rings. The Balaban J connectivity index is 1.51. The van der Waals surface area contributed by atoms with Crippen molar-refractivity contribution in [3.05, 3.63) is 89.1 Å². The Kier molecular flexibility index (Phi) is 8.12. The Labute approximate surface area is 185 Å². The monoisotopic (exact) mass is 440 g/mol. The van der Waals surface area contributed by atoms with Crippen LogP contribution < -0.4 is 16.0 Å². The second kappa shape index (κ2) is 11.2. The first-order valence-corrected chi connectivity index (χ1v) is 11.1. The first-order chi connectivity index (χ1) is 15.1. The number of thioether (sulfide) groups is 1. The highest BCUT2D eigenvalue weighted by molar-refractivity contribution is 7.97. The zero-order valence-electron chi connectivity index (χ0n) is 17.4. The number of hydrogen-bond acceptors (Lipinski definition) is 4. The molecule has 0 aliphatic carbocycles. The summed E-state index contributed by atoms with van der Waals surface area (Å²) in [5, 5.41) is 9.31. The molecular formula is C23H25FN4O2S. The molecule has 0 radical (unpaired) electrons. The van der Waals surface area contributed by atoms with Crippen LogP contribution in [0.15, 0.2) is 70.3 Å². The number of halogens is 1. The zero-order chi connectivity index (χ0) is 22.1. The van der Waals surface area contributed by atoms with Gasteiger partial charge in [0.1, 0.15) is 5.82 Å². The molecule has 0 aliphatic heterocycles. The van der Waals surface area contributed by atoms with E-state index in [0.29, 0.717) is 24.7 Å². The first-order valence-electron chi connectivity index (χ1n) is 9.73. The first kappa shape index (κ1) is 22.4. The summed E-state index contributed by atoms with van der Waals surface area (Å²) < 4.78 is 18.6. The molecule has 2 aromatic carbocycles. The van der Waals surface area contributed by atoms with E-state index in [9.17, 15) is 9.18 Å². The number of amides is 1. The summed E-state index contributed by atoms with van der Waals surface area (Å²) in [4.78, 5) is 16.3. The maximum atomic E-state index is 13.5. The molecule has 0 spiro atoms. The molecule has 0 saturated carbocycles. The third kappa shape index (κ3) is 6.62. The molecule has 162 valence electrons. The lowest BCUT2D eigenvalue weighted by molar-refractivity contribution is 0.0996. The van der Waals surface area contributed by atoms with Gasteiger partial charge in [0.05, 0.1) is 6.26 Å². The Hall–Kier alpha value is -3.26. The predicted octanol–water partition coefficient (Wildman–Crippen LogP) is 4.40. The van der Waals surface area contributed by atoms with Crippen molar-refractivity contribution >= 4 is 29.3 Å². The molecule has 1 amide bonds. The van der Waals surface area contributed by atoms with Gasteiger partial charge in [-0.3, -0.25) is 9.79 Å². The molecule has 0 atom stereocenters. The van der Waals surface area contributed by atoms with Gasteiger partial charge in [0.2, 0.25) is 0 Å². The average Bonchev–Trinajstić information content (AvgIpc) is 3.31. The number of hydrogen-bond donors (Lipinski definition) is 3. The summed E-state index contributed by atoms with van der Waals surface area (Å²) in [5.74, 6) is 1.15. The van der Waals surface area contributed by atoms with Crippen LogP contribution in [-0.4, -0.2) is 25.2 Å². The van der Waals surface area contributed by atoms with Crippen LogP contribution in [0.25, 0.3) is 0 Å². The molecule has 0 fully saturated rings. The van der Waals surface area contributed by atoms with Gasteiger partial charge < -0.3 is 20.4 Å². The van der Waals surface area contributed by atoms with Crippen molar-refractivity contribution in [1.29, 1.82) is 0 Å². The van der Waals surface area contributed by atoms with Crippen molar-refractivity contribution in [2.45, 2.75) is 18.8 Å². The van der Waals surface area contributed by atoms with Gasteiger partial charge in [0, 0.05) is 31.6 Å². The third-order valence-corrected chi connectivity index (χ3v) is 5.15. The van der Waals surface area contributed by atoms with Gasteiger partial charge in [-0.2, -0.15) is 11.8 Å². The van der Waals surface area contributed by atoms with Crippen molar-refractivity contribution < 1.29 is 13.6 Å². The summed E-state index contributed by atoms with van der Waals surface area (Å²) in [5.41, 5.74) is 3.73. The fraction of sp³-hybridized carbons (Fsp3) is 0.217. The van der Waals surface area contributed by atoms with Crippen LogP contribution in [0, 0.1) is 5.82 Å². The van der Waals surface area contributed by atoms with E-state index in [-0.39, 0.29) is 17.5 Å². The SMILES string of the molecule is CN=C(NCc1ccc(NC(=O)c2ccco2)cc1)NCc1ccc(F)cc1CSC. The van der Waals surface area contributed by atoms with Gasteiger partial charge in [-0.15, -0.1) is 0 Å². The Morgan fingerprint density at radius 1 is 1.06 bits per heavy atom. The van der Waals surface area contributed by atoms with E-state index in [2.05, 4.69) is 20.9 Å². The number of aliphatic imine (C=N–C) groups is 1. The van der Waals surface area contributed by atoms with E-state index >= 15 is 0 Å². The van der Waals surface area contributed by atoms with Crippen LogP contribution in [0.5, 0.6) is 0 Å². The van der Waals surface area contributed by atoms with Crippen LogP contribution >= 0.6 is 11.8 Å². The lowest BCUT2D eigenvalue weighted by atomic mass is 10.1. The van der Waals surface area contributed by atoms with E-state index in [4.69, 9.17) is 4.42 Å². The van der Waals surface area contributed by atoms with Crippen LogP contribution in [0.3, 0.4) is 0 Å². The molecule has 31 heavy (non-hydrogen) atoms. The largest absolute Gasteiger partial charge is 0.459 e. The van der Waals surface area contributed by atoms with Gasteiger partial charge in [-0.1, -0.05) is 18.2 Å². The minimum Gasteiger partial charge on any atom is -0.459 e. The molecule has 1 aromatic heterocycles. The number of nitrogens with one attached hydrogen (secondary N) is 3. The number of furan rings is 1. The quantitative estimate of drug-likeness (QED) is 0.357. The van der Waals surface area contributed by atoms with Gasteiger partial charge in [0.15, 0.2) is 11.7 Å². The normalized spacial score (nSPS) is 11.3. The number of anilines is 1. The highest BCUT2D eigenvalue weighted by atomic mass is 32.2. The Bertz CT molecular complexity index is 1020. The number of guanidine groups is 1. The van der Waals surface area contributed by atoms with E-state index in [1.165, 1.54) is 12.3 Å². The number of nitrogens with zero attached hydrogens (tertiary/aromatic N) is 1. The Morgan fingerprint density at radius 3 is 2.52 bits per heavy atom. The number of carbonyl (C=O) groups is 1. The standard InChI is InChI=1S/C23H25FN4O2S/c1-25-23(27-14-17-7-8-19(24)12-18(17)15-31-2)26-13-16-5-9-20(10-6-16)28-22(29)21-4-3-11-30-21/h3-12H,13-15H2,1-2H3,(H,28,29)(H2,25,26,27). The van der Waals surface area contributed by atoms with Crippen LogP contribution in [0.2, 0.25) is 0 Å². The Morgan fingerprint density at radius 2 is 1.84 bits per heavy atom. The number of carbonyl (C=O) groups excluding carboxylic acids is 1. The maximum Gasteiger partial charge on any atom is 0.291 e. The lowest BCUT2D eigenvalue weighted by Gasteiger charge is -2.14. The smallest absolute Gasteiger partial charge is 0.291 e. The zero-order valence-corrected chi connectivity index (χ0v) is 18.3. The molecule has 8 heteroatoms. The van der Waals surface area contributed by atoms with Gasteiger partial charge in [-0.25, -0.2) is 4.39 Å². The summed E-state index contributed by atoms with van der Waals surface area (Å²) in [6.45, 7) is 1.11.